The van der Waals surface area contributed by atoms with Gasteiger partial charge in [-0.05, 0) is 25.3 Å². The van der Waals surface area contributed by atoms with E-state index in [9.17, 15) is 24.5 Å². The molecule has 0 bridgehead atoms. The maximum absolute atomic E-state index is 12.5. The van der Waals surface area contributed by atoms with E-state index in [1.54, 1.807) is 0 Å². The number of benzene rings is 1. The average molecular weight is 303 g/mol. The van der Waals surface area contributed by atoms with Crippen molar-refractivity contribution < 1.29 is 19.3 Å². The van der Waals surface area contributed by atoms with E-state index in [2.05, 4.69) is 5.32 Å². The maximum Gasteiger partial charge on any atom is 0.282 e. The molecule has 2 heterocycles. The fourth-order valence-corrected chi connectivity index (χ4v) is 2.89. The lowest BCUT2D eigenvalue weighted by Gasteiger charge is -2.23. The Kier molecular flexibility index (Phi) is 3.36. The smallest absolute Gasteiger partial charge is 0.282 e. The minimum absolute atomic E-state index is 0.0174. The summed E-state index contributed by atoms with van der Waals surface area (Å²) in [6.45, 7) is 0.499. The lowest BCUT2D eigenvalue weighted by molar-refractivity contribution is -0.385. The molecule has 0 radical (unpaired) electrons. The highest BCUT2D eigenvalue weighted by Gasteiger charge is 2.46. The van der Waals surface area contributed by atoms with Crippen LogP contribution in [-0.2, 0) is 4.79 Å². The standard InChI is InChI=1S/C14H13N3O5/c18-12-10(5-1-2-7-15-12)16-13(19)8-4-3-6-9(17(21)22)11(8)14(16)20/h3-4,6,10H,1-2,5,7H2,(H,15,18). The summed E-state index contributed by atoms with van der Waals surface area (Å²) in [4.78, 5) is 48.2. The van der Waals surface area contributed by atoms with Gasteiger partial charge in [-0.15, -0.1) is 0 Å². The van der Waals surface area contributed by atoms with Gasteiger partial charge >= 0.3 is 0 Å². The zero-order chi connectivity index (χ0) is 15.9. The number of hydrogen-bond donors (Lipinski definition) is 1. The molecule has 1 N–H and O–H groups in total. The molecule has 0 aromatic heterocycles. The third kappa shape index (κ3) is 2.03. The minimum atomic E-state index is -0.908. The Bertz CT molecular complexity index is 700. The van der Waals surface area contributed by atoms with E-state index in [0.29, 0.717) is 19.4 Å². The molecule has 3 amide bonds. The van der Waals surface area contributed by atoms with Crippen LogP contribution in [0, 0.1) is 10.1 Å². The maximum atomic E-state index is 12.5. The Morgan fingerprint density at radius 1 is 1.18 bits per heavy atom. The van der Waals surface area contributed by atoms with Gasteiger partial charge in [-0.2, -0.15) is 0 Å². The number of carbonyl (C=O) groups is 3. The topological polar surface area (TPSA) is 110 Å². The van der Waals surface area contributed by atoms with Crippen LogP contribution >= 0.6 is 0 Å². The molecule has 1 aromatic rings. The summed E-state index contributed by atoms with van der Waals surface area (Å²) < 4.78 is 0. The van der Waals surface area contributed by atoms with Gasteiger partial charge in [0.2, 0.25) is 5.91 Å². The second kappa shape index (κ2) is 5.21. The first-order chi connectivity index (χ1) is 10.5. The predicted molar refractivity (Wildman–Crippen MR) is 74.2 cm³/mol. The molecule has 1 atom stereocenters. The zero-order valence-electron chi connectivity index (χ0n) is 11.6. The van der Waals surface area contributed by atoms with Crippen LogP contribution in [0.5, 0.6) is 0 Å². The normalized spacial score (nSPS) is 21.4. The lowest BCUT2D eigenvalue weighted by Crippen LogP contribution is -2.48. The molecular formula is C14H13N3O5. The van der Waals surface area contributed by atoms with E-state index in [4.69, 9.17) is 0 Å². The number of nitro benzene ring substituents is 1. The Hall–Kier alpha value is -2.77. The van der Waals surface area contributed by atoms with Gasteiger partial charge in [0.05, 0.1) is 10.5 Å². The Balaban J connectivity index is 2.05. The van der Waals surface area contributed by atoms with Crippen LogP contribution in [0.2, 0.25) is 0 Å². The molecule has 0 saturated carbocycles. The number of hydrogen-bond acceptors (Lipinski definition) is 5. The van der Waals surface area contributed by atoms with Gasteiger partial charge in [-0.1, -0.05) is 6.07 Å². The fraction of sp³-hybridized carbons (Fsp3) is 0.357. The van der Waals surface area contributed by atoms with Crippen LogP contribution in [0.25, 0.3) is 0 Å². The summed E-state index contributed by atoms with van der Waals surface area (Å²) in [5, 5.41) is 13.7. The van der Waals surface area contributed by atoms with Crippen molar-refractivity contribution in [2.75, 3.05) is 6.54 Å². The highest BCUT2D eigenvalue weighted by atomic mass is 16.6. The van der Waals surface area contributed by atoms with Crippen molar-refractivity contribution in [2.45, 2.75) is 25.3 Å². The van der Waals surface area contributed by atoms with Gasteiger partial charge in [0.15, 0.2) is 0 Å². The number of nitro groups is 1. The first-order valence-electron chi connectivity index (χ1n) is 6.95. The SMILES string of the molecule is O=C1NCCCCC1N1C(=O)c2cccc([N+](=O)[O-])c2C1=O. The second-order valence-corrected chi connectivity index (χ2v) is 5.24. The first-order valence-corrected chi connectivity index (χ1v) is 6.95. The number of nitrogens with zero attached hydrogens (tertiary/aromatic N) is 2. The van der Waals surface area contributed by atoms with Crippen LogP contribution in [0.4, 0.5) is 5.69 Å². The molecule has 3 rings (SSSR count). The van der Waals surface area contributed by atoms with Crippen LogP contribution in [-0.4, -0.2) is 40.1 Å². The molecule has 1 saturated heterocycles. The van der Waals surface area contributed by atoms with Crippen LogP contribution in [0.3, 0.4) is 0 Å². The average Bonchev–Trinajstić information content (AvgIpc) is 2.65. The van der Waals surface area contributed by atoms with Gasteiger partial charge in [-0.3, -0.25) is 29.4 Å². The number of amides is 3. The molecule has 1 fully saturated rings. The van der Waals surface area contributed by atoms with Gasteiger partial charge in [0, 0.05) is 12.6 Å². The van der Waals surface area contributed by atoms with E-state index in [-0.39, 0.29) is 11.1 Å². The van der Waals surface area contributed by atoms with Gasteiger partial charge in [-0.25, -0.2) is 0 Å². The van der Waals surface area contributed by atoms with E-state index in [0.717, 1.165) is 11.3 Å². The summed E-state index contributed by atoms with van der Waals surface area (Å²) >= 11 is 0. The summed E-state index contributed by atoms with van der Waals surface area (Å²) in [5.74, 6) is -1.81. The molecule has 0 spiro atoms. The van der Waals surface area contributed by atoms with Gasteiger partial charge in [0.1, 0.15) is 11.6 Å². The predicted octanol–water partition coefficient (Wildman–Crippen LogP) is 0.859. The van der Waals surface area contributed by atoms with E-state index in [1.807, 2.05) is 0 Å². The van der Waals surface area contributed by atoms with Gasteiger partial charge < -0.3 is 5.32 Å². The molecule has 8 heteroatoms. The Morgan fingerprint density at radius 2 is 1.95 bits per heavy atom. The number of nitrogens with one attached hydrogen (secondary N) is 1. The van der Waals surface area contributed by atoms with Crippen molar-refractivity contribution in [1.29, 1.82) is 0 Å². The zero-order valence-corrected chi connectivity index (χ0v) is 11.6. The van der Waals surface area contributed by atoms with Crippen molar-refractivity contribution in [3.05, 3.63) is 39.4 Å². The monoisotopic (exact) mass is 303 g/mol. The van der Waals surface area contributed by atoms with Crippen molar-refractivity contribution in [3.63, 3.8) is 0 Å². The molecule has 0 aliphatic carbocycles. The highest BCUT2D eigenvalue weighted by Crippen LogP contribution is 2.33. The number of fused-ring (bicyclic) bond motifs is 1. The second-order valence-electron chi connectivity index (χ2n) is 5.24. The van der Waals surface area contributed by atoms with Crippen molar-refractivity contribution >= 4 is 23.4 Å². The third-order valence-corrected chi connectivity index (χ3v) is 3.94. The van der Waals surface area contributed by atoms with E-state index < -0.39 is 34.4 Å². The quantitative estimate of drug-likeness (QED) is 0.495. The fourth-order valence-electron chi connectivity index (χ4n) is 2.89. The third-order valence-electron chi connectivity index (χ3n) is 3.94. The highest BCUT2D eigenvalue weighted by molar-refractivity contribution is 6.24. The molecule has 1 aromatic carbocycles. The van der Waals surface area contributed by atoms with E-state index >= 15 is 0 Å². The minimum Gasteiger partial charge on any atom is -0.354 e. The molecule has 22 heavy (non-hydrogen) atoms. The van der Waals surface area contributed by atoms with Crippen LogP contribution in [0.15, 0.2) is 18.2 Å². The Morgan fingerprint density at radius 3 is 2.68 bits per heavy atom. The van der Waals surface area contributed by atoms with Crippen molar-refractivity contribution in [1.82, 2.24) is 10.2 Å². The number of carbonyl (C=O) groups excluding carboxylic acids is 3. The van der Waals surface area contributed by atoms with Crippen molar-refractivity contribution in [3.8, 4) is 0 Å². The molecule has 8 nitrogen and oxygen atoms in total. The molecule has 2 aliphatic heterocycles. The van der Waals surface area contributed by atoms with E-state index in [1.165, 1.54) is 18.2 Å². The summed E-state index contributed by atoms with van der Waals surface area (Å²) in [7, 11) is 0. The summed E-state index contributed by atoms with van der Waals surface area (Å²) in [5.41, 5.74) is -0.654. The Labute approximate surface area is 125 Å². The molecular weight excluding hydrogens is 290 g/mol. The molecule has 1 unspecified atom stereocenters. The summed E-state index contributed by atoms with van der Waals surface area (Å²) in [6.07, 6.45) is 1.83. The van der Waals surface area contributed by atoms with Crippen molar-refractivity contribution in [2.24, 2.45) is 0 Å². The molecule has 2 aliphatic rings. The number of rotatable bonds is 2. The first kappa shape index (κ1) is 14.2. The van der Waals surface area contributed by atoms with Crippen LogP contribution in [0.1, 0.15) is 40.0 Å². The largest absolute Gasteiger partial charge is 0.354 e. The summed E-state index contributed by atoms with van der Waals surface area (Å²) in [6, 6.07) is 3.01. The lowest BCUT2D eigenvalue weighted by atomic mass is 10.1. The van der Waals surface area contributed by atoms with Gasteiger partial charge in [0.25, 0.3) is 17.5 Å². The molecule has 114 valence electrons. The number of imide groups is 1. The van der Waals surface area contributed by atoms with Crippen LogP contribution < -0.4 is 5.32 Å².